The van der Waals surface area contributed by atoms with Crippen LogP contribution in [0.3, 0.4) is 0 Å². The fourth-order valence-corrected chi connectivity index (χ4v) is 4.42. The average Bonchev–Trinajstić information content (AvgIpc) is 3.23. The summed E-state index contributed by atoms with van der Waals surface area (Å²) in [6, 6.07) is 5.23. The molecule has 1 aromatic heterocycles. The predicted molar refractivity (Wildman–Crippen MR) is 114 cm³/mol. The maximum Gasteiger partial charge on any atom is 0.428 e. The Morgan fingerprint density at radius 3 is 2.42 bits per heavy atom. The van der Waals surface area contributed by atoms with E-state index in [9.17, 15) is 35.3 Å². The summed E-state index contributed by atoms with van der Waals surface area (Å²) in [5.74, 6) is -0.717. The topological polar surface area (TPSA) is 71.5 Å². The van der Waals surface area contributed by atoms with Crippen molar-refractivity contribution < 1.29 is 44.6 Å². The number of likely N-dealkylation sites (tertiary alicyclic amines) is 1. The lowest BCUT2D eigenvalue weighted by Crippen LogP contribution is -2.60. The number of hydrogen-bond donors (Lipinski definition) is 1. The molecular weight excluding hydrogens is 519 g/mol. The van der Waals surface area contributed by atoms with Gasteiger partial charge in [-0.1, -0.05) is 12.1 Å². The van der Waals surface area contributed by atoms with Gasteiger partial charge >= 0.3 is 12.4 Å². The van der Waals surface area contributed by atoms with E-state index in [1.54, 1.807) is 0 Å². The Balaban J connectivity index is 1.59. The Morgan fingerprint density at radius 2 is 1.86 bits per heavy atom. The Labute approximate surface area is 202 Å². The Morgan fingerprint density at radius 1 is 1.17 bits per heavy atom. The summed E-state index contributed by atoms with van der Waals surface area (Å²) in [6.45, 7) is -0.627. The van der Waals surface area contributed by atoms with Crippen LogP contribution >= 0.6 is 0 Å². The van der Waals surface area contributed by atoms with Gasteiger partial charge in [0.1, 0.15) is 5.75 Å². The highest BCUT2D eigenvalue weighted by Gasteiger charge is 2.60. The molecule has 1 amide bonds. The van der Waals surface area contributed by atoms with Gasteiger partial charge in [0, 0.05) is 34.4 Å². The van der Waals surface area contributed by atoms with Crippen molar-refractivity contribution in [3.05, 3.63) is 71.1 Å². The molecule has 1 aromatic carbocycles. The zero-order chi connectivity index (χ0) is 26.5. The number of benzene rings is 1. The monoisotopic (exact) mass is 537 g/mol. The van der Waals surface area contributed by atoms with Crippen LogP contribution in [-0.2, 0) is 37.9 Å². The van der Waals surface area contributed by atoms with Crippen LogP contribution in [0, 0.1) is 0 Å². The first-order chi connectivity index (χ1) is 16.6. The normalized spacial score (nSPS) is 22.4. The minimum atomic E-state index is -5.13. The fraction of sp³-hybridized carbons (Fsp3) is 0.364. The summed E-state index contributed by atoms with van der Waals surface area (Å²) in [5.41, 5.74) is -5.38. The third-order valence-corrected chi connectivity index (χ3v) is 6.46. The van der Waals surface area contributed by atoms with Crippen LogP contribution in [0.15, 0.2) is 48.7 Å². The molecule has 2 aliphatic heterocycles. The summed E-state index contributed by atoms with van der Waals surface area (Å²) >= 11 is 0. The van der Waals surface area contributed by atoms with E-state index in [-0.39, 0.29) is 35.8 Å². The Bertz CT molecular complexity index is 1220. The van der Waals surface area contributed by atoms with Crippen LogP contribution in [0.25, 0.3) is 5.70 Å². The number of carbonyl (C=O) groups excluding carboxylic acids is 1. The van der Waals surface area contributed by atoms with E-state index in [1.807, 2.05) is 0 Å². The lowest BCUT2D eigenvalue weighted by Gasteiger charge is -2.43. The van der Waals surface area contributed by atoms with E-state index in [2.05, 4.69) is 10.5 Å². The minimum absolute atomic E-state index is 0.0626. The number of amides is 1. The number of hydroxylamine groups is 1. The molecule has 2 aliphatic rings. The van der Waals surface area contributed by atoms with Gasteiger partial charge in [0.05, 0.1) is 30.0 Å². The number of halogens is 7. The van der Waals surface area contributed by atoms with Gasteiger partial charge in [-0.05, 0) is 30.3 Å². The highest BCUT2D eigenvalue weighted by molar-refractivity contribution is 7.85. The lowest BCUT2D eigenvalue weighted by molar-refractivity contribution is -0.269. The van der Waals surface area contributed by atoms with E-state index < -0.39 is 51.5 Å². The average molecular weight is 537 g/mol. The first kappa shape index (κ1) is 26.1. The van der Waals surface area contributed by atoms with Crippen LogP contribution < -0.4 is 5.48 Å². The second kappa shape index (κ2) is 8.83. The molecular formula is C22H18F7N3O3S. The highest BCUT2D eigenvalue weighted by atomic mass is 32.2. The molecule has 0 bridgehead atoms. The Hall–Kier alpha value is -3.00. The van der Waals surface area contributed by atoms with Crippen molar-refractivity contribution in [1.29, 1.82) is 0 Å². The van der Waals surface area contributed by atoms with Crippen molar-refractivity contribution in [3.8, 4) is 0 Å². The molecule has 6 nitrogen and oxygen atoms in total. The number of nitrogens with zero attached hydrogens (tertiary/aromatic N) is 2. The van der Waals surface area contributed by atoms with Gasteiger partial charge < -0.3 is 4.90 Å². The van der Waals surface area contributed by atoms with Crippen LogP contribution in [0.4, 0.5) is 30.7 Å². The SMILES string of the molecule is CS(=O)CC(=O)N1CC(F)(c2ccc(C3=CC(c4cccc(C(F)(F)F)c4)(C(F)(F)F)ON3)cn2)C1. The largest absolute Gasteiger partial charge is 0.428 e. The summed E-state index contributed by atoms with van der Waals surface area (Å²) in [7, 11) is -1.38. The second-order valence-corrected chi connectivity index (χ2v) is 9.87. The van der Waals surface area contributed by atoms with Crippen molar-refractivity contribution in [2.75, 3.05) is 25.1 Å². The summed E-state index contributed by atoms with van der Waals surface area (Å²) < 4.78 is 108. The van der Waals surface area contributed by atoms with Crippen molar-refractivity contribution in [3.63, 3.8) is 0 Å². The smallest absolute Gasteiger partial charge is 0.334 e. The van der Waals surface area contributed by atoms with Gasteiger partial charge in [-0.15, -0.1) is 0 Å². The van der Waals surface area contributed by atoms with E-state index in [4.69, 9.17) is 4.84 Å². The third kappa shape index (κ3) is 4.71. The molecule has 2 aromatic rings. The first-order valence-electron chi connectivity index (χ1n) is 10.3. The molecule has 1 N–H and O–H groups in total. The van der Waals surface area contributed by atoms with Gasteiger partial charge in [0.2, 0.25) is 11.5 Å². The zero-order valence-electron chi connectivity index (χ0n) is 18.4. The zero-order valence-corrected chi connectivity index (χ0v) is 19.2. The van der Waals surface area contributed by atoms with Crippen molar-refractivity contribution >= 4 is 22.4 Å². The fourth-order valence-electron chi connectivity index (χ4n) is 3.89. The number of rotatable bonds is 5. The lowest BCUT2D eigenvalue weighted by atomic mass is 9.90. The van der Waals surface area contributed by atoms with E-state index in [1.165, 1.54) is 23.3 Å². The second-order valence-electron chi connectivity index (χ2n) is 8.44. The van der Waals surface area contributed by atoms with Gasteiger partial charge in [-0.2, -0.15) is 26.3 Å². The van der Waals surface area contributed by atoms with Gasteiger partial charge in [0.15, 0.2) is 5.67 Å². The van der Waals surface area contributed by atoms with E-state index in [0.29, 0.717) is 18.2 Å². The maximum absolute atomic E-state index is 15.1. The summed E-state index contributed by atoms with van der Waals surface area (Å²) in [6.07, 6.45) is -6.97. The van der Waals surface area contributed by atoms with Crippen molar-refractivity contribution in [2.45, 2.75) is 23.6 Å². The molecule has 36 heavy (non-hydrogen) atoms. The van der Waals surface area contributed by atoms with Crippen LogP contribution in [0.2, 0.25) is 0 Å². The number of carbonyl (C=O) groups is 1. The van der Waals surface area contributed by atoms with Gasteiger partial charge in [0.25, 0.3) is 0 Å². The molecule has 0 aliphatic carbocycles. The van der Waals surface area contributed by atoms with Crippen molar-refractivity contribution in [1.82, 2.24) is 15.4 Å². The quantitative estimate of drug-likeness (QED) is 0.588. The number of aromatic nitrogens is 1. The first-order valence-corrected chi connectivity index (χ1v) is 12.0. The molecule has 0 radical (unpaired) electrons. The maximum atomic E-state index is 15.1. The molecule has 0 spiro atoms. The number of nitrogens with one attached hydrogen (secondary N) is 1. The highest BCUT2D eigenvalue weighted by Crippen LogP contribution is 2.48. The summed E-state index contributed by atoms with van der Waals surface area (Å²) in [5, 5.41) is 0. The number of pyridine rings is 1. The molecule has 1 fully saturated rings. The molecule has 4 rings (SSSR count). The van der Waals surface area contributed by atoms with E-state index >= 15 is 4.39 Å². The van der Waals surface area contributed by atoms with Crippen molar-refractivity contribution in [2.24, 2.45) is 0 Å². The van der Waals surface area contributed by atoms with Crippen LogP contribution in [0.5, 0.6) is 0 Å². The number of alkyl halides is 7. The summed E-state index contributed by atoms with van der Waals surface area (Å²) in [4.78, 5) is 21.8. The van der Waals surface area contributed by atoms with Gasteiger partial charge in [-0.25, -0.2) is 4.39 Å². The molecule has 194 valence electrons. The third-order valence-electron chi connectivity index (χ3n) is 5.81. The molecule has 2 unspecified atom stereocenters. The molecule has 14 heteroatoms. The van der Waals surface area contributed by atoms with Gasteiger partial charge in [-0.3, -0.25) is 24.3 Å². The molecule has 1 saturated heterocycles. The predicted octanol–water partition coefficient (Wildman–Crippen LogP) is 3.82. The molecule has 2 atom stereocenters. The number of hydrogen-bond acceptors (Lipinski definition) is 5. The Kier molecular flexibility index (Phi) is 6.40. The molecule has 3 heterocycles. The minimum Gasteiger partial charge on any atom is -0.334 e. The molecule has 0 saturated carbocycles. The van der Waals surface area contributed by atoms with Crippen LogP contribution in [-0.4, -0.2) is 51.3 Å². The van der Waals surface area contributed by atoms with Crippen LogP contribution in [0.1, 0.15) is 22.4 Å². The standard InChI is InChI=1S/C22H18F7N3O3S/c1-36(34)10-18(33)32-11-19(23,12-32)17-6-5-13(9-30-17)16-8-20(35-31-16,22(27,28)29)14-3-2-4-15(7-14)21(24,25)26/h2-9,31H,10-12H2,1H3. The van der Waals surface area contributed by atoms with E-state index in [0.717, 1.165) is 18.3 Å².